The second-order valence-corrected chi connectivity index (χ2v) is 5.46. The van der Waals surface area contributed by atoms with E-state index in [1.807, 2.05) is 0 Å². The van der Waals surface area contributed by atoms with Gasteiger partial charge in [0, 0.05) is 11.9 Å². The van der Waals surface area contributed by atoms with Gasteiger partial charge in [0.15, 0.2) is 0 Å². The molecule has 0 atom stereocenters. The van der Waals surface area contributed by atoms with Crippen molar-refractivity contribution in [2.75, 3.05) is 6.26 Å². The van der Waals surface area contributed by atoms with Gasteiger partial charge in [0.05, 0.1) is 6.26 Å². The minimum absolute atomic E-state index is 0.0151. The third-order valence-electron chi connectivity index (χ3n) is 2.25. The highest BCUT2D eigenvalue weighted by Gasteiger charge is 2.09. The fraction of sp³-hybridized carbons (Fsp3) is 0.154. The molecule has 0 aliphatic heterocycles. The quantitative estimate of drug-likeness (QED) is 0.359. The van der Waals surface area contributed by atoms with Crippen LogP contribution >= 0.6 is 0 Å². The molecule has 0 aliphatic rings. The summed E-state index contributed by atoms with van der Waals surface area (Å²) >= 11 is 0. The van der Waals surface area contributed by atoms with Crippen LogP contribution in [0.15, 0.2) is 48.9 Å². The first kappa shape index (κ1) is 15.0. The minimum atomic E-state index is -3.61. The zero-order valence-corrected chi connectivity index (χ0v) is 11.6. The van der Waals surface area contributed by atoms with Crippen molar-refractivity contribution in [3.8, 4) is 0 Å². The molecular weight excluding hydrogens is 266 g/mol. The molecule has 0 unspecified atom stereocenters. The third kappa shape index (κ3) is 4.26. The van der Waals surface area contributed by atoms with Crippen molar-refractivity contribution in [1.82, 2.24) is 4.57 Å². The summed E-state index contributed by atoms with van der Waals surface area (Å²) in [6.45, 7) is 8.58. The fourth-order valence-electron chi connectivity index (χ4n) is 1.36. The van der Waals surface area contributed by atoms with Gasteiger partial charge in [-0.1, -0.05) is 13.2 Å². The lowest BCUT2D eigenvalue weighted by atomic mass is 10.2. The number of hydrogen-bond donors (Lipinski definition) is 0. The van der Waals surface area contributed by atoms with Gasteiger partial charge in [0.1, 0.15) is 5.76 Å². The molecule has 0 spiro atoms. The highest BCUT2D eigenvalue weighted by atomic mass is 32.2. The van der Waals surface area contributed by atoms with Crippen LogP contribution in [0, 0.1) is 0 Å². The van der Waals surface area contributed by atoms with E-state index < -0.39 is 10.1 Å². The van der Waals surface area contributed by atoms with Crippen LogP contribution in [0.3, 0.4) is 0 Å². The summed E-state index contributed by atoms with van der Waals surface area (Å²) in [6.07, 6.45) is 5.32. The van der Waals surface area contributed by atoms with Gasteiger partial charge in [-0.2, -0.15) is 8.42 Å². The Hall–Kier alpha value is -2.08. The summed E-state index contributed by atoms with van der Waals surface area (Å²) in [5.41, 5.74) is 1.09. The number of rotatable bonds is 5. The second-order valence-electron chi connectivity index (χ2n) is 3.88. The number of aromatic nitrogens is 1. The summed E-state index contributed by atoms with van der Waals surface area (Å²) in [5, 5.41) is 0. The Labute approximate surface area is 112 Å². The normalized spacial score (nSPS) is 12.0. The van der Waals surface area contributed by atoms with Crippen LogP contribution in [0.25, 0.3) is 6.08 Å². The molecule has 1 rings (SSSR count). The maximum Gasteiger partial charge on any atom is 0.306 e. The van der Waals surface area contributed by atoms with Gasteiger partial charge in [0.25, 0.3) is 5.91 Å². The molecule has 6 heteroatoms. The van der Waals surface area contributed by atoms with Crippen LogP contribution in [-0.4, -0.2) is 25.1 Å². The van der Waals surface area contributed by atoms with Gasteiger partial charge >= 0.3 is 10.1 Å². The van der Waals surface area contributed by atoms with Crippen LogP contribution in [0.1, 0.15) is 17.4 Å². The zero-order valence-electron chi connectivity index (χ0n) is 10.8. The first-order valence-electron chi connectivity index (χ1n) is 5.36. The first-order chi connectivity index (χ1) is 8.74. The molecule has 0 aliphatic carbocycles. The maximum atomic E-state index is 11.5. The molecule has 0 saturated heterocycles. The van der Waals surface area contributed by atoms with Crippen molar-refractivity contribution < 1.29 is 17.4 Å². The fourth-order valence-corrected chi connectivity index (χ4v) is 1.86. The van der Waals surface area contributed by atoms with Gasteiger partial charge in [-0.05, 0) is 36.8 Å². The molecule has 0 radical (unpaired) electrons. The number of hydrogen-bond acceptors (Lipinski definition) is 4. The largest absolute Gasteiger partial charge is 0.383 e. The monoisotopic (exact) mass is 281 g/mol. The molecule has 1 aromatic heterocycles. The van der Waals surface area contributed by atoms with Gasteiger partial charge in [0.2, 0.25) is 0 Å². The van der Waals surface area contributed by atoms with E-state index >= 15 is 0 Å². The molecule has 0 fully saturated rings. The molecule has 5 nitrogen and oxygen atoms in total. The third-order valence-corrected chi connectivity index (χ3v) is 2.75. The van der Waals surface area contributed by atoms with E-state index in [1.165, 1.54) is 10.6 Å². The predicted octanol–water partition coefficient (Wildman–Crippen LogP) is 2.21. The van der Waals surface area contributed by atoms with Crippen LogP contribution in [0.5, 0.6) is 0 Å². The van der Waals surface area contributed by atoms with Crippen molar-refractivity contribution in [3.05, 3.63) is 54.6 Å². The standard InChI is InChI=1S/C13H15NO4S/c1-5-13(15)14-8-6-7-12(14)9-10(2)11(3)18-19(4,16)17/h5-9H,1,3H2,2,4H3/b10-9+. The Bertz CT molecular complexity index is 650. The molecule has 0 saturated carbocycles. The van der Waals surface area contributed by atoms with Gasteiger partial charge < -0.3 is 4.18 Å². The average Bonchev–Trinajstić information content (AvgIpc) is 2.73. The van der Waals surface area contributed by atoms with E-state index in [9.17, 15) is 13.2 Å². The Morgan fingerprint density at radius 2 is 2.11 bits per heavy atom. The van der Waals surface area contributed by atoms with E-state index in [4.69, 9.17) is 0 Å². The SMILES string of the molecule is C=CC(=O)n1cccc1/C=C(\C)C(=C)OS(C)(=O)=O. The highest BCUT2D eigenvalue weighted by Crippen LogP contribution is 2.16. The van der Waals surface area contributed by atoms with Crippen molar-refractivity contribution in [2.24, 2.45) is 0 Å². The summed E-state index contributed by atoms with van der Waals surface area (Å²) in [7, 11) is -3.61. The first-order valence-corrected chi connectivity index (χ1v) is 7.17. The molecule has 0 aromatic carbocycles. The number of carbonyl (C=O) groups is 1. The minimum Gasteiger partial charge on any atom is -0.383 e. The van der Waals surface area contributed by atoms with Gasteiger partial charge in [-0.25, -0.2) is 0 Å². The van der Waals surface area contributed by atoms with Crippen molar-refractivity contribution >= 4 is 22.1 Å². The molecule has 0 amide bonds. The molecular formula is C13H15NO4S. The lowest BCUT2D eigenvalue weighted by molar-refractivity contribution is 0.0969. The summed E-state index contributed by atoms with van der Waals surface area (Å²) in [6, 6.07) is 3.40. The maximum absolute atomic E-state index is 11.5. The van der Waals surface area contributed by atoms with Crippen molar-refractivity contribution in [2.45, 2.75) is 6.92 Å². The van der Waals surface area contributed by atoms with Gasteiger partial charge in [-0.3, -0.25) is 9.36 Å². The molecule has 0 bridgehead atoms. The molecule has 19 heavy (non-hydrogen) atoms. The number of nitrogens with zero attached hydrogens (tertiary/aromatic N) is 1. The van der Waals surface area contributed by atoms with Crippen LogP contribution in [0.2, 0.25) is 0 Å². The smallest absolute Gasteiger partial charge is 0.306 e. The van der Waals surface area contributed by atoms with Crippen LogP contribution in [0.4, 0.5) is 0 Å². The van der Waals surface area contributed by atoms with Crippen molar-refractivity contribution in [1.29, 1.82) is 0 Å². The molecule has 1 heterocycles. The highest BCUT2D eigenvalue weighted by molar-refractivity contribution is 7.86. The van der Waals surface area contributed by atoms with Crippen LogP contribution in [-0.2, 0) is 14.3 Å². The average molecular weight is 281 g/mol. The number of carbonyl (C=O) groups excluding carboxylic acids is 1. The van der Waals surface area contributed by atoms with E-state index in [0.29, 0.717) is 11.3 Å². The lowest BCUT2D eigenvalue weighted by Gasteiger charge is -2.07. The Morgan fingerprint density at radius 3 is 2.63 bits per heavy atom. The summed E-state index contributed by atoms with van der Waals surface area (Å²) < 4.78 is 28.0. The van der Waals surface area contributed by atoms with E-state index in [0.717, 1.165) is 6.26 Å². The lowest BCUT2D eigenvalue weighted by Crippen LogP contribution is -2.07. The van der Waals surface area contributed by atoms with Gasteiger partial charge in [-0.15, -0.1) is 0 Å². The second kappa shape index (κ2) is 5.71. The van der Waals surface area contributed by atoms with Crippen molar-refractivity contribution in [3.63, 3.8) is 0 Å². The van der Waals surface area contributed by atoms with E-state index in [-0.39, 0.29) is 11.7 Å². The Balaban J connectivity index is 3.03. The predicted molar refractivity (Wildman–Crippen MR) is 74.0 cm³/mol. The zero-order chi connectivity index (χ0) is 14.6. The summed E-state index contributed by atoms with van der Waals surface area (Å²) in [5.74, 6) is -0.264. The Kier molecular flexibility index (Phi) is 4.50. The molecule has 0 N–H and O–H groups in total. The summed E-state index contributed by atoms with van der Waals surface area (Å²) in [4.78, 5) is 11.5. The van der Waals surface area contributed by atoms with E-state index in [2.05, 4.69) is 17.3 Å². The number of allylic oxidation sites excluding steroid dienone is 2. The Morgan fingerprint density at radius 1 is 1.47 bits per heavy atom. The molecule has 102 valence electrons. The van der Waals surface area contributed by atoms with E-state index in [1.54, 1.807) is 31.3 Å². The topological polar surface area (TPSA) is 65.4 Å². The molecule has 1 aromatic rings. The van der Waals surface area contributed by atoms with Crippen LogP contribution < -0.4 is 0 Å².